The lowest BCUT2D eigenvalue weighted by Crippen LogP contribution is -2.60. The van der Waals surface area contributed by atoms with Gasteiger partial charge in [0.1, 0.15) is 0 Å². The number of rotatable bonds is 6. The molecule has 0 radical (unpaired) electrons. The molecular weight excluding hydrogens is 1080 g/mol. The largest absolute Gasteiger partial charge is 0.375 e. The highest BCUT2D eigenvalue weighted by Crippen LogP contribution is 2.58. The van der Waals surface area contributed by atoms with Crippen molar-refractivity contribution >= 4 is 116 Å². The second kappa shape index (κ2) is 19.6. The van der Waals surface area contributed by atoms with Gasteiger partial charge in [-0.1, -0.05) is 208 Å². The molecule has 3 aliphatic rings. The number of anilines is 8. The van der Waals surface area contributed by atoms with Crippen molar-refractivity contribution in [2.45, 2.75) is 156 Å². The second-order valence-electron chi connectivity index (χ2n) is 30.5. The number of thiophene rings is 2. The molecule has 3 nitrogen and oxygen atoms in total. The van der Waals surface area contributed by atoms with Gasteiger partial charge in [0.15, 0.2) is 0 Å². The van der Waals surface area contributed by atoms with Gasteiger partial charge in [-0.05, 0) is 180 Å². The first-order chi connectivity index (χ1) is 40.7. The lowest BCUT2D eigenvalue weighted by Gasteiger charge is -2.46. The predicted octanol–water partition coefficient (Wildman–Crippen LogP) is 22.7. The number of hydrogen-bond acceptors (Lipinski definition) is 5. The summed E-state index contributed by atoms with van der Waals surface area (Å²) in [5.74, 6) is 0. The van der Waals surface area contributed by atoms with Gasteiger partial charge in [-0.3, -0.25) is 0 Å². The van der Waals surface area contributed by atoms with E-state index in [-0.39, 0.29) is 39.3 Å². The lowest BCUT2D eigenvalue weighted by atomic mass is 9.46. The van der Waals surface area contributed by atoms with Gasteiger partial charge >= 0.3 is 6.85 Å². The molecule has 0 fully saturated rings. The molecule has 14 rings (SSSR count). The van der Waals surface area contributed by atoms with Gasteiger partial charge in [0, 0.05) is 80.3 Å². The lowest BCUT2D eigenvalue weighted by molar-refractivity contribution is 0.332. The number of benzene rings is 9. The van der Waals surface area contributed by atoms with Crippen molar-refractivity contribution in [1.82, 2.24) is 0 Å². The monoisotopic (exact) mass is 1160 g/mol. The van der Waals surface area contributed by atoms with Gasteiger partial charge in [0.05, 0.1) is 11.4 Å². The standard InChI is InChI=1S/C80H82BN3S2/c1-75(2,3)50-26-33-54(34-27-50)82(55-35-28-51(29-36-55)76(4,5)6)57-45-61-58-39-41-68-70(62-47-63-64(48-69(62)85-68)80(15,16)43-42-79(63,13)14)72(58)84(56-37-30-52(31-38-56)77(7,8)9)81-71(61)66(46-57)83(73-59-24-20-21-25-67(59)86-74(73)81)65-40-32-53(78(10,11)12)44-60(65)49-22-18-17-19-23-49/h17-41,44-48H,42-43H2,1-16H3. The van der Waals surface area contributed by atoms with E-state index >= 15 is 0 Å². The summed E-state index contributed by atoms with van der Waals surface area (Å²) in [5.41, 5.74) is 24.0. The Morgan fingerprint density at radius 2 is 0.965 bits per heavy atom. The third-order valence-electron chi connectivity index (χ3n) is 19.5. The van der Waals surface area contributed by atoms with Crippen LogP contribution in [0.4, 0.5) is 45.5 Å². The minimum absolute atomic E-state index is 0.00565. The first-order valence-corrected chi connectivity index (χ1v) is 32.9. The summed E-state index contributed by atoms with van der Waals surface area (Å²) in [7, 11) is 0. The fourth-order valence-electron chi connectivity index (χ4n) is 14.3. The molecule has 0 N–H and O–H groups in total. The molecule has 11 aromatic rings. The van der Waals surface area contributed by atoms with E-state index in [0.29, 0.717) is 0 Å². The molecule has 9 aromatic carbocycles. The molecule has 0 bridgehead atoms. The molecule has 0 spiro atoms. The Bertz CT molecular complexity index is 4440. The zero-order chi connectivity index (χ0) is 60.4. The van der Waals surface area contributed by atoms with Gasteiger partial charge in [-0.15, -0.1) is 22.7 Å². The van der Waals surface area contributed by atoms with Crippen molar-refractivity contribution < 1.29 is 0 Å². The SMILES string of the molecule is CC(C)(C)c1ccc(N2B3c4sc5ccccc5c4N(c4ccc(C(C)(C)C)cc4-c4ccccc4)c4cc(N(c5ccc(C(C)(C)C)cc5)c5ccc(C(C)(C)C)cc5)cc(c43)-c3ccc4sc5cc6c(cc5c4c32)C(C)(C)CCC6(C)C)cc1. The molecule has 86 heavy (non-hydrogen) atoms. The summed E-state index contributed by atoms with van der Waals surface area (Å²) in [6.45, 7) is 37.6. The molecule has 0 saturated carbocycles. The highest BCUT2D eigenvalue weighted by molar-refractivity contribution is 7.32. The van der Waals surface area contributed by atoms with E-state index in [2.05, 4.69) is 307 Å². The van der Waals surface area contributed by atoms with E-state index in [1.807, 2.05) is 22.7 Å². The van der Waals surface area contributed by atoms with E-state index in [4.69, 9.17) is 0 Å². The van der Waals surface area contributed by atoms with E-state index in [1.54, 1.807) is 0 Å². The van der Waals surface area contributed by atoms with Crippen LogP contribution in [0.25, 0.3) is 52.5 Å². The third-order valence-corrected chi connectivity index (χ3v) is 21.9. The Balaban J connectivity index is 1.16. The smallest absolute Gasteiger partial charge is 0.343 e. The van der Waals surface area contributed by atoms with Gasteiger partial charge in [-0.2, -0.15) is 0 Å². The number of nitrogens with zero attached hydrogens (tertiary/aromatic N) is 3. The van der Waals surface area contributed by atoms with Gasteiger partial charge in [0.25, 0.3) is 0 Å². The maximum atomic E-state index is 2.80. The average molecular weight is 1160 g/mol. The van der Waals surface area contributed by atoms with Crippen LogP contribution in [0, 0.1) is 0 Å². The quantitative estimate of drug-likeness (QED) is 0.154. The molecule has 0 atom stereocenters. The maximum Gasteiger partial charge on any atom is 0.343 e. The van der Waals surface area contributed by atoms with Crippen LogP contribution in [0.2, 0.25) is 0 Å². The van der Waals surface area contributed by atoms with E-state index in [1.165, 1.54) is 131 Å². The highest BCUT2D eigenvalue weighted by Gasteiger charge is 2.49. The summed E-state index contributed by atoms with van der Waals surface area (Å²) in [6.07, 6.45) is 2.34. The minimum atomic E-state index is -0.182. The molecule has 4 heterocycles. The van der Waals surface area contributed by atoms with Crippen molar-refractivity contribution in [3.63, 3.8) is 0 Å². The summed E-state index contributed by atoms with van der Waals surface area (Å²) >= 11 is 3.95. The van der Waals surface area contributed by atoms with Gasteiger partial charge < -0.3 is 14.6 Å². The fourth-order valence-corrected chi connectivity index (χ4v) is 16.7. The molecule has 0 saturated heterocycles. The number of fused-ring (bicyclic) bond motifs is 11. The zero-order valence-electron chi connectivity index (χ0n) is 53.5. The van der Waals surface area contributed by atoms with Crippen LogP contribution in [0.1, 0.15) is 157 Å². The molecule has 0 amide bonds. The molecule has 1 aliphatic carbocycles. The Hall–Kier alpha value is -7.38. The second-order valence-corrected chi connectivity index (χ2v) is 32.7. The first-order valence-electron chi connectivity index (χ1n) is 31.3. The normalized spacial score (nSPS) is 15.5. The summed E-state index contributed by atoms with van der Waals surface area (Å²) in [4.78, 5) is 8.04. The molecular formula is C80H82BN3S2. The zero-order valence-corrected chi connectivity index (χ0v) is 55.1. The molecule has 432 valence electrons. The van der Waals surface area contributed by atoms with E-state index in [0.717, 1.165) is 23.5 Å². The van der Waals surface area contributed by atoms with Crippen LogP contribution in [0.3, 0.4) is 0 Å². The molecule has 2 aliphatic heterocycles. The summed E-state index contributed by atoms with van der Waals surface area (Å²) < 4.78 is 5.33. The predicted molar refractivity (Wildman–Crippen MR) is 379 cm³/mol. The Morgan fingerprint density at radius 1 is 0.419 bits per heavy atom. The Kier molecular flexibility index (Phi) is 12.8. The van der Waals surface area contributed by atoms with Crippen LogP contribution in [-0.4, -0.2) is 6.85 Å². The number of hydrogen-bond donors (Lipinski definition) is 0. The highest BCUT2D eigenvalue weighted by atomic mass is 32.1. The van der Waals surface area contributed by atoms with Crippen molar-refractivity contribution in [2.24, 2.45) is 0 Å². The van der Waals surface area contributed by atoms with E-state index in [9.17, 15) is 0 Å². The van der Waals surface area contributed by atoms with Crippen molar-refractivity contribution in [1.29, 1.82) is 0 Å². The summed E-state index contributed by atoms with van der Waals surface area (Å²) in [6, 6.07) is 71.5. The Morgan fingerprint density at radius 3 is 1.56 bits per heavy atom. The van der Waals surface area contributed by atoms with Crippen LogP contribution >= 0.6 is 22.7 Å². The molecule has 2 aromatic heterocycles. The minimum Gasteiger partial charge on any atom is -0.375 e. The van der Waals surface area contributed by atoms with Crippen LogP contribution < -0.4 is 24.9 Å². The van der Waals surface area contributed by atoms with Crippen molar-refractivity contribution in [3.05, 3.63) is 215 Å². The van der Waals surface area contributed by atoms with E-state index < -0.39 is 0 Å². The topological polar surface area (TPSA) is 9.72 Å². The van der Waals surface area contributed by atoms with Gasteiger partial charge in [-0.25, -0.2) is 0 Å². The molecule has 6 heteroatoms. The third kappa shape index (κ3) is 9.17. The van der Waals surface area contributed by atoms with Crippen molar-refractivity contribution in [2.75, 3.05) is 14.6 Å². The Labute approximate surface area is 520 Å². The summed E-state index contributed by atoms with van der Waals surface area (Å²) in [5, 5.41) is 3.98. The fraction of sp³-hybridized carbons (Fsp3) is 0.300. The average Bonchev–Trinajstić information content (AvgIpc) is 1.27. The van der Waals surface area contributed by atoms with Gasteiger partial charge in [0.2, 0.25) is 0 Å². The first kappa shape index (κ1) is 56.4. The maximum absolute atomic E-state index is 2.80. The molecule has 0 unspecified atom stereocenters. The van der Waals surface area contributed by atoms with Crippen LogP contribution in [0.15, 0.2) is 182 Å². The van der Waals surface area contributed by atoms with Crippen LogP contribution in [-0.2, 0) is 32.5 Å². The van der Waals surface area contributed by atoms with Crippen molar-refractivity contribution in [3.8, 4) is 22.3 Å². The van der Waals surface area contributed by atoms with Crippen LogP contribution in [0.5, 0.6) is 0 Å².